The van der Waals surface area contributed by atoms with Crippen molar-refractivity contribution < 1.29 is 23.9 Å². The van der Waals surface area contributed by atoms with Gasteiger partial charge in [0.25, 0.3) is 0 Å². The van der Waals surface area contributed by atoms with Crippen LogP contribution in [0.1, 0.15) is 46.4 Å². The number of hydrogen-bond acceptors (Lipinski definition) is 9. The number of morpholine rings is 2. The number of Topliss-reactive ketones (excluding diaryl/α,β-unsaturated/α-hetero) is 3. The van der Waals surface area contributed by atoms with Gasteiger partial charge in [-0.1, -0.05) is 97.1 Å². The Labute approximate surface area is 322 Å². The monoisotopic (exact) mass is 734 g/mol. The molecule has 0 radical (unpaired) electrons. The van der Waals surface area contributed by atoms with Crippen molar-refractivity contribution >= 4 is 17.3 Å². The van der Waals surface area contributed by atoms with Crippen LogP contribution in [0.5, 0.6) is 0 Å². The molecule has 4 atom stereocenters. The summed E-state index contributed by atoms with van der Waals surface area (Å²) in [4.78, 5) is 54.1. The van der Waals surface area contributed by atoms with Gasteiger partial charge in [-0.3, -0.25) is 34.0 Å². The SMILES string of the molecule is CN(C)C1(C(=O)c2ccccc2)C=C(CCCN2CCOCC2)C=CC1C(=O)C1C=CC(CCCN2CCOCC2)=CC1(C(=O)c1ccccc1)N(C)C. The summed E-state index contributed by atoms with van der Waals surface area (Å²) in [6.07, 6.45) is 15.5. The fraction of sp³-hybridized carbons (Fsp3) is 0.489. The lowest BCUT2D eigenvalue weighted by molar-refractivity contribution is -0.129. The van der Waals surface area contributed by atoms with E-state index in [0.29, 0.717) is 11.1 Å². The predicted octanol–water partition coefficient (Wildman–Crippen LogP) is 5.37. The van der Waals surface area contributed by atoms with Crippen LogP contribution in [0.3, 0.4) is 0 Å². The van der Waals surface area contributed by atoms with Gasteiger partial charge in [-0.15, -0.1) is 0 Å². The van der Waals surface area contributed by atoms with Crippen molar-refractivity contribution in [2.75, 3.05) is 93.9 Å². The Morgan fingerprint density at radius 1 is 0.611 bits per heavy atom. The molecular formula is C45H58N4O5. The first kappa shape index (κ1) is 39.9. The Bertz CT molecular complexity index is 1600. The molecule has 0 spiro atoms. The molecular weight excluding hydrogens is 677 g/mol. The Hall–Kier alpha value is -3.83. The van der Waals surface area contributed by atoms with Gasteiger partial charge in [-0.2, -0.15) is 0 Å². The molecule has 9 heteroatoms. The maximum atomic E-state index is 15.6. The third kappa shape index (κ3) is 8.52. The molecule has 0 saturated carbocycles. The number of ketones is 3. The molecule has 2 fully saturated rings. The molecule has 2 aromatic carbocycles. The zero-order chi connectivity index (χ0) is 38.1. The van der Waals surface area contributed by atoms with Gasteiger partial charge in [0.2, 0.25) is 0 Å². The molecule has 2 saturated heterocycles. The maximum Gasteiger partial charge on any atom is 0.188 e. The highest BCUT2D eigenvalue weighted by molar-refractivity contribution is 6.12. The number of hydrogen-bond donors (Lipinski definition) is 0. The Morgan fingerprint density at radius 2 is 0.981 bits per heavy atom. The van der Waals surface area contributed by atoms with Gasteiger partial charge in [0, 0.05) is 37.3 Å². The molecule has 9 nitrogen and oxygen atoms in total. The van der Waals surface area contributed by atoms with Crippen LogP contribution in [-0.2, 0) is 14.3 Å². The largest absolute Gasteiger partial charge is 0.379 e. The van der Waals surface area contributed by atoms with E-state index in [0.717, 1.165) is 103 Å². The summed E-state index contributed by atoms with van der Waals surface area (Å²) in [7, 11) is 7.55. The predicted molar refractivity (Wildman–Crippen MR) is 214 cm³/mol. The lowest BCUT2D eigenvalue weighted by atomic mass is 9.63. The summed E-state index contributed by atoms with van der Waals surface area (Å²) >= 11 is 0. The standard InChI is InChI=1S/C45H58N4O5/c1-46(2)44(42(51)37-15-7-5-8-16-37)33-35(13-11-23-48-25-29-53-30-26-48)19-21-39(44)41(50)40-22-20-36(14-12-24-49-27-31-54-32-28-49)34-45(40,47(3)4)43(52)38-17-9-6-10-18-38/h5-10,15-22,33-34,39-40H,11-14,23-32H2,1-4H3. The van der Waals surface area contributed by atoms with Crippen molar-refractivity contribution in [1.29, 1.82) is 0 Å². The molecule has 4 unspecified atom stereocenters. The lowest BCUT2D eigenvalue weighted by Gasteiger charge is -2.48. The van der Waals surface area contributed by atoms with Crippen LogP contribution in [0.4, 0.5) is 0 Å². The second-order valence-electron chi connectivity index (χ2n) is 15.5. The number of allylic oxidation sites excluding steroid dienone is 4. The van der Waals surface area contributed by atoms with Crippen LogP contribution in [0.15, 0.2) is 108 Å². The molecule has 4 aliphatic rings. The highest BCUT2D eigenvalue weighted by Gasteiger charge is 2.56. The zero-order valence-electron chi connectivity index (χ0n) is 32.6. The van der Waals surface area contributed by atoms with E-state index in [4.69, 9.17) is 9.47 Å². The third-order valence-electron chi connectivity index (χ3n) is 11.7. The van der Waals surface area contributed by atoms with E-state index in [1.807, 2.05) is 135 Å². The molecule has 2 heterocycles. The van der Waals surface area contributed by atoms with Gasteiger partial charge in [-0.25, -0.2) is 0 Å². The number of benzene rings is 2. The molecule has 288 valence electrons. The summed E-state index contributed by atoms with van der Waals surface area (Å²) in [6, 6.07) is 18.6. The topological polar surface area (TPSA) is 82.6 Å². The van der Waals surface area contributed by atoms with E-state index >= 15 is 4.79 Å². The van der Waals surface area contributed by atoms with Gasteiger partial charge < -0.3 is 9.47 Å². The summed E-state index contributed by atoms with van der Waals surface area (Å²) in [6.45, 7) is 8.60. The fourth-order valence-corrected chi connectivity index (χ4v) is 8.64. The average Bonchev–Trinajstić information content (AvgIpc) is 3.21. The van der Waals surface area contributed by atoms with E-state index in [2.05, 4.69) is 9.80 Å². The normalized spacial score (nSPS) is 26.5. The molecule has 2 aromatic rings. The molecule has 2 aliphatic carbocycles. The molecule has 0 aromatic heterocycles. The molecule has 0 N–H and O–H groups in total. The van der Waals surface area contributed by atoms with E-state index < -0.39 is 22.9 Å². The van der Waals surface area contributed by atoms with Crippen LogP contribution in [0.25, 0.3) is 0 Å². The van der Waals surface area contributed by atoms with Gasteiger partial charge in [0.15, 0.2) is 17.3 Å². The molecule has 2 aliphatic heterocycles. The van der Waals surface area contributed by atoms with Crippen molar-refractivity contribution in [2.45, 2.75) is 36.8 Å². The number of carbonyl (C=O) groups is 3. The lowest BCUT2D eigenvalue weighted by Crippen LogP contribution is -2.63. The highest BCUT2D eigenvalue weighted by atomic mass is 16.5. The molecule has 0 amide bonds. The van der Waals surface area contributed by atoms with E-state index in [9.17, 15) is 9.59 Å². The van der Waals surface area contributed by atoms with Gasteiger partial charge in [0.1, 0.15) is 11.1 Å². The second kappa shape index (κ2) is 18.2. The van der Waals surface area contributed by atoms with Crippen LogP contribution >= 0.6 is 0 Å². The molecule has 6 rings (SSSR count). The van der Waals surface area contributed by atoms with Crippen LogP contribution in [-0.4, -0.2) is 142 Å². The van der Waals surface area contributed by atoms with Crippen molar-refractivity contribution in [3.63, 3.8) is 0 Å². The van der Waals surface area contributed by atoms with E-state index in [-0.39, 0.29) is 17.3 Å². The van der Waals surface area contributed by atoms with Crippen LogP contribution in [0, 0.1) is 11.8 Å². The Morgan fingerprint density at radius 3 is 1.33 bits per heavy atom. The van der Waals surface area contributed by atoms with Crippen molar-refractivity contribution in [3.8, 4) is 0 Å². The van der Waals surface area contributed by atoms with Gasteiger partial charge >= 0.3 is 0 Å². The highest BCUT2D eigenvalue weighted by Crippen LogP contribution is 2.43. The Kier molecular flexibility index (Phi) is 13.4. The average molecular weight is 735 g/mol. The smallest absolute Gasteiger partial charge is 0.188 e. The van der Waals surface area contributed by atoms with Gasteiger partial charge in [-0.05, 0) is 78.1 Å². The second-order valence-corrected chi connectivity index (χ2v) is 15.5. The number of nitrogens with zero attached hydrogens (tertiary/aromatic N) is 4. The van der Waals surface area contributed by atoms with Crippen molar-refractivity contribution in [3.05, 3.63) is 119 Å². The van der Waals surface area contributed by atoms with Gasteiger partial charge in [0.05, 0.1) is 38.3 Å². The minimum absolute atomic E-state index is 0.134. The van der Waals surface area contributed by atoms with Crippen LogP contribution < -0.4 is 0 Å². The first-order valence-electron chi connectivity index (χ1n) is 19.6. The number of ether oxygens (including phenoxy) is 2. The quantitative estimate of drug-likeness (QED) is 0.212. The van der Waals surface area contributed by atoms with E-state index in [1.165, 1.54) is 0 Å². The summed E-state index contributed by atoms with van der Waals surface area (Å²) in [5.41, 5.74) is 0.557. The van der Waals surface area contributed by atoms with Crippen molar-refractivity contribution in [1.82, 2.24) is 19.6 Å². The summed E-state index contributed by atoms with van der Waals surface area (Å²) in [5, 5.41) is 0. The zero-order valence-corrected chi connectivity index (χ0v) is 32.6. The van der Waals surface area contributed by atoms with Crippen molar-refractivity contribution in [2.24, 2.45) is 11.8 Å². The van der Waals surface area contributed by atoms with E-state index in [1.54, 1.807) is 0 Å². The molecule has 0 bridgehead atoms. The Balaban J connectivity index is 1.36. The minimum atomic E-state index is -1.30. The van der Waals surface area contributed by atoms with Crippen LogP contribution in [0.2, 0.25) is 0 Å². The number of rotatable bonds is 16. The maximum absolute atomic E-state index is 15.6. The first-order valence-corrected chi connectivity index (χ1v) is 19.6. The summed E-state index contributed by atoms with van der Waals surface area (Å²) in [5.74, 6) is -2.13. The fourth-order valence-electron chi connectivity index (χ4n) is 8.64. The summed E-state index contributed by atoms with van der Waals surface area (Å²) < 4.78 is 11.1. The first-order chi connectivity index (χ1) is 26.2. The number of likely N-dealkylation sites (N-methyl/N-ethyl adjacent to an activating group) is 2. The minimum Gasteiger partial charge on any atom is -0.379 e. The number of carbonyl (C=O) groups excluding carboxylic acids is 3. The third-order valence-corrected chi connectivity index (χ3v) is 11.7. The molecule has 54 heavy (non-hydrogen) atoms.